The van der Waals surface area contributed by atoms with Gasteiger partial charge in [0.2, 0.25) is 0 Å². The molecule has 0 saturated carbocycles. The summed E-state index contributed by atoms with van der Waals surface area (Å²) in [6, 6.07) is 3.52. The summed E-state index contributed by atoms with van der Waals surface area (Å²) in [5, 5.41) is 7.49. The van der Waals surface area contributed by atoms with Gasteiger partial charge in [-0.15, -0.1) is 0 Å². The zero-order chi connectivity index (χ0) is 18.1. The molecule has 3 aromatic heterocycles. The van der Waals surface area contributed by atoms with Crippen molar-refractivity contribution in [1.82, 2.24) is 15.5 Å². The Bertz CT molecular complexity index is 926. The number of aromatic nitrogens is 2. The third kappa shape index (κ3) is 3.28. The minimum atomic E-state index is -0.220. The first-order valence-electron chi connectivity index (χ1n) is 8.05. The van der Waals surface area contributed by atoms with Gasteiger partial charge in [0.25, 0.3) is 11.6 Å². The number of aryl methyl sites for hydroxylation is 3. The number of furan rings is 1. The molecule has 1 atom stereocenters. The van der Waals surface area contributed by atoms with E-state index in [1.165, 1.54) is 0 Å². The summed E-state index contributed by atoms with van der Waals surface area (Å²) in [5.41, 5.74) is 2.87. The Labute approximate surface area is 145 Å². The van der Waals surface area contributed by atoms with E-state index in [9.17, 15) is 4.79 Å². The molecule has 0 aliphatic rings. The molecule has 0 spiro atoms. The minimum absolute atomic E-state index is 0.123. The molecular weight excluding hydrogens is 322 g/mol. The van der Waals surface area contributed by atoms with Crippen molar-refractivity contribution in [3.8, 4) is 11.3 Å². The summed E-state index contributed by atoms with van der Waals surface area (Å²) >= 11 is 0. The lowest BCUT2D eigenvalue weighted by Crippen LogP contribution is -2.35. The first-order chi connectivity index (χ1) is 11.9. The summed E-state index contributed by atoms with van der Waals surface area (Å²) < 4.78 is 16.0. The highest BCUT2D eigenvalue weighted by atomic mass is 16.5. The summed E-state index contributed by atoms with van der Waals surface area (Å²) in [6.45, 7) is 7.82. The SMILES string of the molecule is COCC(C)NC(=O)c1cc(-c2cc(C)oc2C)nc2onc(C)c12. The lowest BCUT2D eigenvalue weighted by Gasteiger charge is -2.13. The maximum atomic E-state index is 12.8. The number of amides is 1. The maximum absolute atomic E-state index is 12.8. The Hall–Kier alpha value is -2.67. The third-order valence-corrected chi connectivity index (χ3v) is 3.97. The third-order valence-electron chi connectivity index (χ3n) is 3.97. The number of hydrogen-bond acceptors (Lipinski definition) is 6. The summed E-state index contributed by atoms with van der Waals surface area (Å²) in [4.78, 5) is 17.3. The number of carbonyl (C=O) groups excluding carboxylic acids is 1. The fraction of sp³-hybridized carbons (Fsp3) is 0.389. The first kappa shape index (κ1) is 17.2. The van der Waals surface area contributed by atoms with Crippen LogP contribution in [-0.2, 0) is 4.74 Å². The molecule has 1 amide bonds. The Kier molecular flexibility index (Phi) is 4.59. The average molecular weight is 343 g/mol. The number of methoxy groups -OCH3 is 1. The van der Waals surface area contributed by atoms with Crippen LogP contribution in [0, 0.1) is 20.8 Å². The van der Waals surface area contributed by atoms with Gasteiger partial charge in [0.05, 0.1) is 28.9 Å². The van der Waals surface area contributed by atoms with Gasteiger partial charge in [-0.3, -0.25) is 4.79 Å². The molecule has 0 aromatic carbocycles. The van der Waals surface area contributed by atoms with Crippen molar-refractivity contribution >= 4 is 17.0 Å². The monoisotopic (exact) mass is 343 g/mol. The van der Waals surface area contributed by atoms with Crippen LogP contribution in [0.3, 0.4) is 0 Å². The molecule has 0 fully saturated rings. The van der Waals surface area contributed by atoms with Crippen LogP contribution in [0.2, 0.25) is 0 Å². The second-order valence-corrected chi connectivity index (χ2v) is 6.16. The van der Waals surface area contributed by atoms with E-state index < -0.39 is 0 Å². The lowest BCUT2D eigenvalue weighted by molar-refractivity contribution is 0.0907. The molecule has 1 unspecified atom stereocenters. The summed E-state index contributed by atoms with van der Waals surface area (Å²) in [5.74, 6) is 1.30. The molecule has 0 bridgehead atoms. The van der Waals surface area contributed by atoms with Crippen molar-refractivity contribution in [2.24, 2.45) is 0 Å². The molecule has 1 N–H and O–H groups in total. The highest BCUT2D eigenvalue weighted by Crippen LogP contribution is 2.30. The van der Waals surface area contributed by atoms with Crippen LogP contribution in [0.15, 0.2) is 21.1 Å². The van der Waals surface area contributed by atoms with Gasteiger partial charge in [0, 0.05) is 18.7 Å². The number of pyridine rings is 1. The summed E-state index contributed by atoms with van der Waals surface area (Å²) in [7, 11) is 1.60. The predicted molar refractivity (Wildman–Crippen MR) is 92.5 cm³/mol. The lowest BCUT2D eigenvalue weighted by atomic mass is 10.1. The number of carbonyl (C=O) groups is 1. The van der Waals surface area contributed by atoms with Crippen molar-refractivity contribution in [3.63, 3.8) is 0 Å². The molecule has 7 heteroatoms. The predicted octanol–water partition coefficient (Wildman–Crippen LogP) is 3.17. The molecule has 25 heavy (non-hydrogen) atoms. The fourth-order valence-corrected chi connectivity index (χ4v) is 2.89. The quantitative estimate of drug-likeness (QED) is 0.765. The number of hydrogen-bond donors (Lipinski definition) is 1. The molecule has 0 radical (unpaired) electrons. The van der Waals surface area contributed by atoms with E-state index in [-0.39, 0.29) is 11.9 Å². The van der Waals surface area contributed by atoms with Gasteiger partial charge in [-0.05, 0) is 39.8 Å². The van der Waals surface area contributed by atoms with Crippen molar-refractivity contribution in [2.45, 2.75) is 33.7 Å². The largest absolute Gasteiger partial charge is 0.466 e. The van der Waals surface area contributed by atoms with Crippen LogP contribution in [0.1, 0.15) is 34.5 Å². The molecule has 7 nitrogen and oxygen atoms in total. The standard InChI is InChI=1S/C18H21N3O4/c1-9(8-23-5)19-17(22)14-7-15(13-6-10(2)24-12(13)4)20-18-16(14)11(3)21-25-18/h6-7,9H,8H2,1-5H3,(H,19,22). The normalized spacial score (nSPS) is 12.5. The summed E-state index contributed by atoms with van der Waals surface area (Å²) in [6.07, 6.45) is 0. The van der Waals surface area contributed by atoms with Gasteiger partial charge < -0.3 is 19.0 Å². The Morgan fingerprint density at radius 3 is 2.72 bits per heavy atom. The fourth-order valence-electron chi connectivity index (χ4n) is 2.89. The second kappa shape index (κ2) is 6.68. The molecule has 3 aromatic rings. The van der Waals surface area contributed by atoms with Gasteiger partial charge in [-0.2, -0.15) is 0 Å². The Balaban J connectivity index is 2.11. The van der Waals surface area contributed by atoms with Gasteiger partial charge in [0.1, 0.15) is 11.5 Å². The van der Waals surface area contributed by atoms with E-state index >= 15 is 0 Å². The van der Waals surface area contributed by atoms with E-state index in [0.717, 1.165) is 17.1 Å². The highest BCUT2D eigenvalue weighted by molar-refractivity contribution is 6.07. The number of rotatable bonds is 5. The van der Waals surface area contributed by atoms with Gasteiger partial charge in [0.15, 0.2) is 0 Å². The van der Waals surface area contributed by atoms with E-state index in [4.69, 9.17) is 13.7 Å². The van der Waals surface area contributed by atoms with Crippen molar-refractivity contribution < 1.29 is 18.5 Å². The van der Waals surface area contributed by atoms with Crippen LogP contribution in [-0.4, -0.2) is 35.8 Å². The van der Waals surface area contributed by atoms with Gasteiger partial charge >= 0.3 is 0 Å². The molecule has 3 rings (SSSR count). The average Bonchev–Trinajstić information content (AvgIpc) is 3.09. The smallest absolute Gasteiger partial charge is 0.259 e. The van der Waals surface area contributed by atoms with E-state index in [1.54, 1.807) is 20.1 Å². The van der Waals surface area contributed by atoms with Crippen LogP contribution in [0.5, 0.6) is 0 Å². The molecular formula is C18H21N3O4. The van der Waals surface area contributed by atoms with Crippen LogP contribution in [0.25, 0.3) is 22.4 Å². The van der Waals surface area contributed by atoms with Gasteiger partial charge in [-0.25, -0.2) is 4.98 Å². The van der Waals surface area contributed by atoms with Crippen molar-refractivity contribution in [3.05, 3.63) is 34.9 Å². The van der Waals surface area contributed by atoms with Crippen LogP contribution < -0.4 is 5.32 Å². The van der Waals surface area contributed by atoms with Crippen molar-refractivity contribution in [1.29, 1.82) is 0 Å². The molecule has 0 aliphatic carbocycles. The first-order valence-corrected chi connectivity index (χ1v) is 8.05. The van der Waals surface area contributed by atoms with Gasteiger partial charge in [-0.1, -0.05) is 5.16 Å². The second-order valence-electron chi connectivity index (χ2n) is 6.16. The maximum Gasteiger partial charge on any atom is 0.259 e. The number of nitrogens with zero attached hydrogens (tertiary/aromatic N) is 2. The van der Waals surface area contributed by atoms with E-state index in [2.05, 4.69) is 15.5 Å². The molecule has 0 aliphatic heterocycles. The molecule has 0 saturated heterocycles. The highest BCUT2D eigenvalue weighted by Gasteiger charge is 2.21. The zero-order valence-electron chi connectivity index (χ0n) is 15.0. The minimum Gasteiger partial charge on any atom is -0.466 e. The van der Waals surface area contributed by atoms with Crippen LogP contribution >= 0.6 is 0 Å². The van der Waals surface area contributed by atoms with E-state index in [0.29, 0.717) is 34.7 Å². The topological polar surface area (TPSA) is 90.4 Å². The van der Waals surface area contributed by atoms with Crippen LogP contribution in [0.4, 0.5) is 0 Å². The number of ether oxygens (including phenoxy) is 1. The van der Waals surface area contributed by atoms with Crippen molar-refractivity contribution in [2.75, 3.05) is 13.7 Å². The number of nitrogens with one attached hydrogen (secondary N) is 1. The van der Waals surface area contributed by atoms with E-state index in [1.807, 2.05) is 26.8 Å². The molecule has 3 heterocycles. The Morgan fingerprint density at radius 1 is 1.32 bits per heavy atom. The zero-order valence-corrected chi connectivity index (χ0v) is 15.0. The molecule has 132 valence electrons. The Morgan fingerprint density at radius 2 is 2.08 bits per heavy atom. The number of fused-ring (bicyclic) bond motifs is 1.